The lowest BCUT2D eigenvalue weighted by molar-refractivity contribution is -0.136. The van der Waals surface area contributed by atoms with Crippen LogP contribution < -0.4 is 0 Å². The molecule has 0 aliphatic heterocycles. The van der Waals surface area contributed by atoms with Crippen molar-refractivity contribution in [1.29, 1.82) is 0 Å². The predicted molar refractivity (Wildman–Crippen MR) is 74.1 cm³/mol. The minimum absolute atomic E-state index is 0.431. The van der Waals surface area contributed by atoms with Crippen LogP contribution in [0.2, 0.25) is 0 Å². The summed E-state index contributed by atoms with van der Waals surface area (Å²) in [6.45, 7) is 1.76. The zero-order valence-corrected chi connectivity index (χ0v) is 11.5. The Kier molecular flexibility index (Phi) is 6.65. The summed E-state index contributed by atoms with van der Waals surface area (Å²) >= 11 is 0. The van der Waals surface area contributed by atoms with E-state index >= 15 is 0 Å². The van der Waals surface area contributed by atoms with Gasteiger partial charge in [-0.05, 0) is 31.2 Å². The van der Waals surface area contributed by atoms with Gasteiger partial charge < -0.3 is 5.11 Å². The molecule has 0 bridgehead atoms. The molecule has 4 heteroatoms. The van der Waals surface area contributed by atoms with E-state index in [9.17, 15) is 9.00 Å². The standard InChI is InChI=1S/C14H20O3S/c1-2-13(14(15)16)18(17)11-7-6-10-12-8-4-3-5-9-12/h3-5,8-9,13H,2,6-7,10-11H2,1H3,(H,15,16). The molecule has 0 radical (unpaired) electrons. The first-order valence-electron chi connectivity index (χ1n) is 6.29. The highest BCUT2D eigenvalue weighted by Crippen LogP contribution is 2.08. The van der Waals surface area contributed by atoms with Crippen molar-refractivity contribution < 1.29 is 14.1 Å². The van der Waals surface area contributed by atoms with Crippen molar-refractivity contribution in [3.05, 3.63) is 35.9 Å². The molecule has 0 heterocycles. The Morgan fingerprint density at radius 1 is 1.28 bits per heavy atom. The molecule has 0 fully saturated rings. The summed E-state index contributed by atoms with van der Waals surface area (Å²) < 4.78 is 11.8. The van der Waals surface area contributed by atoms with Gasteiger partial charge in [-0.2, -0.15) is 0 Å². The highest BCUT2D eigenvalue weighted by atomic mass is 32.2. The van der Waals surface area contributed by atoms with Crippen LogP contribution in [0.5, 0.6) is 0 Å². The summed E-state index contributed by atoms with van der Waals surface area (Å²) in [5.74, 6) is -0.462. The Bertz CT molecular complexity index is 389. The molecule has 2 unspecified atom stereocenters. The number of aryl methyl sites for hydroxylation is 1. The fourth-order valence-corrected chi connectivity index (χ4v) is 3.20. The number of carboxylic acids is 1. The van der Waals surface area contributed by atoms with Crippen molar-refractivity contribution in [3.63, 3.8) is 0 Å². The van der Waals surface area contributed by atoms with Gasteiger partial charge in [-0.25, -0.2) is 0 Å². The molecule has 0 aromatic heterocycles. The Morgan fingerprint density at radius 3 is 2.50 bits per heavy atom. The Morgan fingerprint density at radius 2 is 1.94 bits per heavy atom. The molecule has 1 aromatic carbocycles. The van der Waals surface area contributed by atoms with Crippen molar-refractivity contribution in [2.45, 2.75) is 37.9 Å². The molecule has 2 atom stereocenters. The Hall–Kier alpha value is -1.16. The van der Waals surface area contributed by atoms with Gasteiger partial charge in [0.2, 0.25) is 0 Å². The fraction of sp³-hybridized carbons (Fsp3) is 0.500. The maximum Gasteiger partial charge on any atom is 0.319 e. The molecule has 3 nitrogen and oxygen atoms in total. The van der Waals surface area contributed by atoms with Gasteiger partial charge in [0, 0.05) is 16.6 Å². The fourth-order valence-electron chi connectivity index (χ4n) is 1.83. The van der Waals surface area contributed by atoms with Crippen LogP contribution in [0.25, 0.3) is 0 Å². The van der Waals surface area contributed by atoms with Gasteiger partial charge in [0.15, 0.2) is 0 Å². The molecule has 1 N–H and O–H groups in total. The zero-order valence-electron chi connectivity index (χ0n) is 10.7. The second-order valence-corrected chi connectivity index (χ2v) is 6.00. The summed E-state index contributed by atoms with van der Waals surface area (Å²) in [4.78, 5) is 10.8. The highest BCUT2D eigenvalue weighted by Gasteiger charge is 2.21. The zero-order chi connectivity index (χ0) is 13.4. The van der Waals surface area contributed by atoms with Gasteiger partial charge in [0.05, 0.1) is 0 Å². The third-order valence-electron chi connectivity index (χ3n) is 2.87. The van der Waals surface area contributed by atoms with Crippen LogP contribution in [0.1, 0.15) is 31.7 Å². The molecule has 0 saturated carbocycles. The number of aliphatic carboxylic acids is 1. The lowest BCUT2D eigenvalue weighted by Gasteiger charge is -2.09. The number of carbonyl (C=O) groups is 1. The van der Waals surface area contributed by atoms with Crippen LogP contribution in [0, 0.1) is 0 Å². The first kappa shape index (κ1) is 14.9. The number of unbranched alkanes of at least 4 members (excludes halogenated alkanes) is 1. The van der Waals surface area contributed by atoms with E-state index in [1.54, 1.807) is 6.92 Å². The van der Waals surface area contributed by atoms with Crippen LogP contribution in [0.15, 0.2) is 30.3 Å². The summed E-state index contributed by atoms with van der Waals surface area (Å²) in [7, 11) is -1.25. The largest absolute Gasteiger partial charge is 0.480 e. The van der Waals surface area contributed by atoms with E-state index in [2.05, 4.69) is 12.1 Å². The second kappa shape index (κ2) is 8.03. The monoisotopic (exact) mass is 268 g/mol. The van der Waals surface area contributed by atoms with Crippen LogP contribution in [0.3, 0.4) is 0 Å². The molecule has 0 aliphatic carbocycles. The van der Waals surface area contributed by atoms with Gasteiger partial charge in [-0.3, -0.25) is 9.00 Å². The minimum atomic E-state index is -1.25. The second-order valence-electron chi connectivity index (χ2n) is 4.26. The molecule has 1 rings (SSSR count). The molecule has 1 aromatic rings. The molecule has 18 heavy (non-hydrogen) atoms. The van der Waals surface area contributed by atoms with Crippen LogP contribution in [-0.4, -0.2) is 26.3 Å². The summed E-state index contributed by atoms with van der Waals surface area (Å²) in [5, 5.41) is 8.18. The third-order valence-corrected chi connectivity index (χ3v) is 4.73. The van der Waals surface area contributed by atoms with E-state index < -0.39 is 22.0 Å². The number of hydrogen-bond donors (Lipinski definition) is 1. The van der Waals surface area contributed by atoms with E-state index in [1.807, 2.05) is 18.2 Å². The van der Waals surface area contributed by atoms with Crippen LogP contribution >= 0.6 is 0 Å². The predicted octanol–water partition coefficient (Wildman–Crippen LogP) is 2.62. The Balaban J connectivity index is 2.25. The van der Waals surface area contributed by atoms with Crippen molar-refractivity contribution >= 4 is 16.8 Å². The van der Waals surface area contributed by atoms with Crippen molar-refractivity contribution in [3.8, 4) is 0 Å². The molecule has 100 valence electrons. The average molecular weight is 268 g/mol. The lowest BCUT2D eigenvalue weighted by atomic mass is 10.1. The molecular formula is C14H20O3S. The van der Waals surface area contributed by atoms with E-state index in [-0.39, 0.29) is 0 Å². The van der Waals surface area contributed by atoms with Gasteiger partial charge in [0.25, 0.3) is 0 Å². The third kappa shape index (κ3) is 5.00. The summed E-state index contributed by atoms with van der Waals surface area (Å²) in [6.07, 6.45) is 3.15. The van der Waals surface area contributed by atoms with E-state index in [0.29, 0.717) is 12.2 Å². The normalized spacial score (nSPS) is 14.1. The van der Waals surface area contributed by atoms with Crippen molar-refractivity contribution in [2.75, 3.05) is 5.75 Å². The van der Waals surface area contributed by atoms with Gasteiger partial charge in [0.1, 0.15) is 5.25 Å². The highest BCUT2D eigenvalue weighted by molar-refractivity contribution is 7.86. The van der Waals surface area contributed by atoms with Crippen LogP contribution in [-0.2, 0) is 22.0 Å². The molecule has 0 saturated heterocycles. The van der Waals surface area contributed by atoms with Gasteiger partial charge in [-0.1, -0.05) is 37.3 Å². The summed E-state index contributed by atoms with van der Waals surface area (Å²) in [5.41, 5.74) is 1.27. The number of hydrogen-bond acceptors (Lipinski definition) is 2. The topological polar surface area (TPSA) is 54.4 Å². The van der Waals surface area contributed by atoms with E-state index in [1.165, 1.54) is 5.56 Å². The first-order valence-corrected chi connectivity index (χ1v) is 7.67. The maximum atomic E-state index is 11.8. The smallest absolute Gasteiger partial charge is 0.319 e. The number of carboxylic acid groups (broad SMARTS) is 1. The summed E-state index contributed by atoms with van der Waals surface area (Å²) in [6, 6.07) is 10.1. The van der Waals surface area contributed by atoms with Crippen LogP contribution in [0.4, 0.5) is 0 Å². The molecule has 0 spiro atoms. The van der Waals surface area contributed by atoms with Gasteiger partial charge >= 0.3 is 5.97 Å². The maximum absolute atomic E-state index is 11.8. The lowest BCUT2D eigenvalue weighted by Crippen LogP contribution is -2.26. The van der Waals surface area contributed by atoms with E-state index in [4.69, 9.17) is 5.11 Å². The average Bonchev–Trinajstić information content (AvgIpc) is 2.36. The SMILES string of the molecule is CCC(C(=O)O)S(=O)CCCCc1ccccc1. The molecular weight excluding hydrogens is 248 g/mol. The van der Waals surface area contributed by atoms with E-state index in [0.717, 1.165) is 19.3 Å². The minimum Gasteiger partial charge on any atom is -0.480 e. The number of rotatable bonds is 8. The molecule has 0 amide bonds. The molecule has 0 aliphatic rings. The Labute approximate surface area is 111 Å². The van der Waals surface area contributed by atoms with Gasteiger partial charge in [-0.15, -0.1) is 0 Å². The van der Waals surface area contributed by atoms with Crippen molar-refractivity contribution in [2.24, 2.45) is 0 Å². The quantitative estimate of drug-likeness (QED) is 0.737. The van der Waals surface area contributed by atoms with Crippen molar-refractivity contribution in [1.82, 2.24) is 0 Å². The number of benzene rings is 1. The first-order chi connectivity index (χ1) is 8.65.